The summed E-state index contributed by atoms with van der Waals surface area (Å²) >= 11 is 0. The molecule has 1 aromatic carbocycles. The van der Waals surface area contributed by atoms with Crippen molar-refractivity contribution in [3.63, 3.8) is 0 Å². The molecule has 0 radical (unpaired) electrons. The lowest BCUT2D eigenvalue weighted by Gasteiger charge is -2.37. The number of nitrogens with one attached hydrogen (secondary N) is 1. The smallest absolute Gasteiger partial charge is 0.130 e. The summed E-state index contributed by atoms with van der Waals surface area (Å²) in [6.45, 7) is 0. The van der Waals surface area contributed by atoms with Gasteiger partial charge in [-0.2, -0.15) is 5.26 Å². The van der Waals surface area contributed by atoms with E-state index in [0.29, 0.717) is 18.4 Å². The van der Waals surface area contributed by atoms with E-state index in [0.717, 1.165) is 12.8 Å². The van der Waals surface area contributed by atoms with Gasteiger partial charge in [-0.15, -0.1) is 0 Å². The molecule has 2 aliphatic rings. The second-order valence-electron chi connectivity index (χ2n) is 5.38. The van der Waals surface area contributed by atoms with Crippen LogP contribution in [0.3, 0.4) is 0 Å². The average Bonchev–Trinajstić information content (AvgIpc) is 2.68. The number of rotatable bonds is 1. The summed E-state index contributed by atoms with van der Waals surface area (Å²) in [4.78, 5) is 0. The highest BCUT2D eigenvalue weighted by molar-refractivity contribution is 5.36. The van der Waals surface area contributed by atoms with Gasteiger partial charge in [0.1, 0.15) is 5.82 Å². The standard InChI is InChI=1S/C14H15FN2O/c15-13-5-9(8-16)1-4-12(13)14(18)6-10-2-3-11(7-14)17-10/h1,4-5,10-11,17-18H,2-3,6-7H2. The molecule has 1 aromatic rings. The van der Waals surface area contributed by atoms with Crippen LogP contribution in [-0.2, 0) is 5.60 Å². The summed E-state index contributed by atoms with van der Waals surface area (Å²) in [5.41, 5.74) is -0.466. The molecular formula is C14H15FN2O. The van der Waals surface area contributed by atoms with E-state index >= 15 is 0 Å². The lowest BCUT2D eigenvalue weighted by molar-refractivity contribution is -0.0143. The molecule has 2 N–H and O–H groups in total. The predicted molar refractivity (Wildman–Crippen MR) is 64.2 cm³/mol. The molecule has 0 aliphatic carbocycles. The maximum Gasteiger partial charge on any atom is 0.130 e. The highest BCUT2D eigenvalue weighted by Crippen LogP contribution is 2.41. The van der Waals surface area contributed by atoms with E-state index in [1.54, 1.807) is 12.1 Å². The van der Waals surface area contributed by atoms with Crippen molar-refractivity contribution in [2.75, 3.05) is 0 Å². The Bertz CT molecular complexity index is 511. The Morgan fingerprint density at radius 1 is 1.33 bits per heavy atom. The predicted octanol–water partition coefficient (Wildman–Crippen LogP) is 1.80. The van der Waals surface area contributed by atoms with E-state index in [1.165, 1.54) is 6.07 Å². The molecule has 3 rings (SSSR count). The molecule has 18 heavy (non-hydrogen) atoms. The third kappa shape index (κ3) is 1.80. The maximum absolute atomic E-state index is 14.0. The number of fused-ring (bicyclic) bond motifs is 2. The molecule has 2 fully saturated rings. The Morgan fingerprint density at radius 3 is 2.56 bits per heavy atom. The first-order valence-corrected chi connectivity index (χ1v) is 6.29. The molecule has 2 heterocycles. The van der Waals surface area contributed by atoms with Gasteiger partial charge in [0.05, 0.1) is 17.2 Å². The van der Waals surface area contributed by atoms with Crippen molar-refractivity contribution in [2.45, 2.75) is 43.4 Å². The van der Waals surface area contributed by atoms with Crippen LogP contribution >= 0.6 is 0 Å². The lowest BCUT2D eigenvalue weighted by atomic mass is 9.81. The zero-order valence-electron chi connectivity index (χ0n) is 9.99. The minimum atomic E-state index is -1.09. The average molecular weight is 246 g/mol. The van der Waals surface area contributed by atoms with Crippen LogP contribution in [0.25, 0.3) is 0 Å². The highest BCUT2D eigenvalue weighted by Gasteiger charge is 2.44. The molecular weight excluding hydrogens is 231 g/mol. The fraction of sp³-hybridized carbons (Fsp3) is 0.500. The van der Waals surface area contributed by atoms with Gasteiger partial charge in [-0.25, -0.2) is 4.39 Å². The van der Waals surface area contributed by atoms with Crippen molar-refractivity contribution in [3.8, 4) is 6.07 Å². The molecule has 0 spiro atoms. The number of nitriles is 1. The molecule has 94 valence electrons. The number of nitrogens with zero attached hydrogens (tertiary/aromatic N) is 1. The van der Waals surface area contributed by atoms with Crippen molar-refractivity contribution in [1.82, 2.24) is 5.32 Å². The number of hydrogen-bond acceptors (Lipinski definition) is 3. The Hall–Kier alpha value is -1.44. The molecule has 4 heteroatoms. The quantitative estimate of drug-likeness (QED) is 0.794. The SMILES string of the molecule is N#Cc1ccc(C2(O)CC3CCC(C2)N3)c(F)c1. The van der Waals surface area contributed by atoms with Gasteiger partial charge in [-0.3, -0.25) is 0 Å². The first kappa shape index (κ1) is 11.6. The van der Waals surface area contributed by atoms with Crippen LogP contribution < -0.4 is 5.32 Å². The van der Waals surface area contributed by atoms with Crippen LogP contribution in [0.5, 0.6) is 0 Å². The molecule has 0 saturated carbocycles. The monoisotopic (exact) mass is 246 g/mol. The number of hydrogen-bond donors (Lipinski definition) is 2. The first-order chi connectivity index (χ1) is 8.60. The van der Waals surface area contributed by atoms with Gasteiger partial charge in [0, 0.05) is 17.6 Å². The maximum atomic E-state index is 14.0. The first-order valence-electron chi connectivity index (χ1n) is 6.29. The van der Waals surface area contributed by atoms with Gasteiger partial charge < -0.3 is 10.4 Å². The van der Waals surface area contributed by atoms with Gasteiger partial charge in [0.2, 0.25) is 0 Å². The fourth-order valence-electron chi connectivity index (χ4n) is 3.30. The van der Waals surface area contributed by atoms with Crippen molar-refractivity contribution in [1.29, 1.82) is 5.26 Å². The van der Waals surface area contributed by atoms with Crippen molar-refractivity contribution in [3.05, 3.63) is 35.1 Å². The van der Waals surface area contributed by atoms with Crippen LogP contribution in [0, 0.1) is 17.1 Å². The van der Waals surface area contributed by atoms with Crippen molar-refractivity contribution < 1.29 is 9.50 Å². The molecule has 0 aromatic heterocycles. The van der Waals surface area contributed by atoms with Crippen LogP contribution in [0.15, 0.2) is 18.2 Å². The van der Waals surface area contributed by atoms with E-state index in [2.05, 4.69) is 5.32 Å². The summed E-state index contributed by atoms with van der Waals surface area (Å²) < 4.78 is 14.0. The van der Waals surface area contributed by atoms with E-state index < -0.39 is 11.4 Å². The van der Waals surface area contributed by atoms with Gasteiger partial charge >= 0.3 is 0 Å². The molecule has 2 saturated heterocycles. The third-order valence-electron chi connectivity index (χ3n) is 4.10. The lowest BCUT2D eigenvalue weighted by Crippen LogP contribution is -2.47. The number of piperidine rings is 1. The van der Waals surface area contributed by atoms with E-state index in [4.69, 9.17) is 5.26 Å². The summed E-state index contributed by atoms with van der Waals surface area (Å²) in [6, 6.07) is 6.80. The topological polar surface area (TPSA) is 56.0 Å². The zero-order chi connectivity index (χ0) is 12.8. The number of aliphatic hydroxyl groups is 1. The van der Waals surface area contributed by atoms with E-state index in [-0.39, 0.29) is 17.6 Å². The van der Waals surface area contributed by atoms with Gasteiger partial charge in [-0.1, -0.05) is 6.07 Å². The summed E-state index contributed by atoms with van der Waals surface area (Å²) in [5.74, 6) is -0.474. The highest BCUT2D eigenvalue weighted by atomic mass is 19.1. The summed E-state index contributed by atoms with van der Waals surface area (Å²) in [5, 5.41) is 22.9. The Kier molecular flexibility index (Phi) is 2.61. The minimum absolute atomic E-state index is 0.281. The minimum Gasteiger partial charge on any atom is -0.385 e. The fourth-order valence-corrected chi connectivity index (χ4v) is 3.30. The van der Waals surface area contributed by atoms with Gasteiger partial charge in [-0.05, 0) is 37.8 Å². The Balaban J connectivity index is 1.97. The van der Waals surface area contributed by atoms with Crippen molar-refractivity contribution >= 4 is 0 Å². The van der Waals surface area contributed by atoms with Crippen LogP contribution in [0.2, 0.25) is 0 Å². The second-order valence-corrected chi connectivity index (χ2v) is 5.38. The molecule has 2 bridgehead atoms. The van der Waals surface area contributed by atoms with Gasteiger partial charge in [0.25, 0.3) is 0 Å². The second kappa shape index (κ2) is 4.04. The summed E-state index contributed by atoms with van der Waals surface area (Å²) in [6.07, 6.45) is 3.19. The molecule has 2 aliphatic heterocycles. The number of benzene rings is 1. The van der Waals surface area contributed by atoms with Crippen LogP contribution in [0.4, 0.5) is 4.39 Å². The largest absolute Gasteiger partial charge is 0.385 e. The van der Waals surface area contributed by atoms with E-state index in [1.807, 2.05) is 6.07 Å². The van der Waals surface area contributed by atoms with Crippen LogP contribution in [-0.4, -0.2) is 17.2 Å². The van der Waals surface area contributed by atoms with Crippen molar-refractivity contribution in [2.24, 2.45) is 0 Å². The normalized spacial score (nSPS) is 34.3. The van der Waals surface area contributed by atoms with Gasteiger partial charge in [0.15, 0.2) is 0 Å². The molecule has 2 unspecified atom stereocenters. The molecule has 2 atom stereocenters. The summed E-state index contributed by atoms with van der Waals surface area (Å²) in [7, 11) is 0. The Morgan fingerprint density at radius 2 is 2.00 bits per heavy atom. The Labute approximate surface area is 105 Å². The van der Waals surface area contributed by atoms with Crippen LogP contribution in [0.1, 0.15) is 36.8 Å². The number of halogens is 1. The van der Waals surface area contributed by atoms with E-state index in [9.17, 15) is 9.50 Å². The molecule has 0 amide bonds. The molecule has 3 nitrogen and oxygen atoms in total. The zero-order valence-corrected chi connectivity index (χ0v) is 9.99. The third-order valence-corrected chi connectivity index (χ3v) is 4.10.